The van der Waals surface area contributed by atoms with Crippen molar-refractivity contribution in [1.29, 1.82) is 0 Å². The van der Waals surface area contributed by atoms with Crippen LogP contribution in [0.3, 0.4) is 0 Å². The summed E-state index contributed by atoms with van der Waals surface area (Å²) in [7, 11) is 0. The molecule has 5 heteroatoms. The number of thiazole rings is 1. The van der Waals surface area contributed by atoms with Crippen LogP contribution < -0.4 is 5.32 Å². The molecule has 0 saturated carbocycles. The van der Waals surface area contributed by atoms with E-state index >= 15 is 0 Å². The maximum atomic E-state index is 11.6. The van der Waals surface area contributed by atoms with Crippen molar-refractivity contribution in [2.45, 2.75) is 19.8 Å². The lowest BCUT2D eigenvalue weighted by Gasteiger charge is -2.12. The van der Waals surface area contributed by atoms with Crippen molar-refractivity contribution >= 4 is 22.4 Å². The number of likely N-dealkylation sites (tertiary alicyclic amines) is 1. The largest absolute Gasteiger partial charge is 0.301 e. The Morgan fingerprint density at radius 3 is 2.93 bits per heavy atom. The Bertz CT molecular complexity index is 344. The number of rotatable bonds is 3. The highest BCUT2D eigenvalue weighted by Gasteiger charge is 2.15. The van der Waals surface area contributed by atoms with Gasteiger partial charge in [-0.2, -0.15) is 0 Å². The molecule has 2 heterocycles. The van der Waals surface area contributed by atoms with Crippen LogP contribution in [0, 0.1) is 6.92 Å². The van der Waals surface area contributed by atoms with E-state index in [1.165, 1.54) is 24.2 Å². The highest BCUT2D eigenvalue weighted by molar-refractivity contribution is 7.13. The van der Waals surface area contributed by atoms with Crippen LogP contribution in [0.4, 0.5) is 5.13 Å². The third-order valence-corrected chi connectivity index (χ3v) is 3.31. The number of hydrogen-bond donors (Lipinski definition) is 1. The quantitative estimate of drug-likeness (QED) is 0.847. The van der Waals surface area contributed by atoms with Gasteiger partial charge in [-0.1, -0.05) is 0 Å². The molecule has 4 nitrogen and oxygen atoms in total. The van der Waals surface area contributed by atoms with Gasteiger partial charge in [0.2, 0.25) is 5.91 Å². The molecular weight excluding hydrogens is 210 g/mol. The summed E-state index contributed by atoms with van der Waals surface area (Å²) in [5.41, 5.74) is 0.955. The van der Waals surface area contributed by atoms with Crippen LogP contribution in [0.5, 0.6) is 0 Å². The van der Waals surface area contributed by atoms with Crippen molar-refractivity contribution in [3.8, 4) is 0 Å². The molecule has 0 radical (unpaired) electrons. The third kappa shape index (κ3) is 3.00. The molecule has 0 unspecified atom stereocenters. The van der Waals surface area contributed by atoms with Crippen LogP contribution in [0.15, 0.2) is 5.38 Å². The lowest BCUT2D eigenvalue weighted by Crippen LogP contribution is -2.30. The Morgan fingerprint density at radius 2 is 2.33 bits per heavy atom. The van der Waals surface area contributed by atoms with Gasteiger partial charge in [-0.25, -0.2) is 4.98 Å². The van der Waals surface area contributed by atoms with Gasteiger partial charge in [0.05, 0.1) is 12.2 Å². The Hall–Kier alpha value is -0.940. The standard InChI is InChI=1S/C10H15N3OS/c1-8-7-15-10(11-8)12-9(14)6-13-4-2-3-5-13/h7H,2-6H2,1H3,(H,11,12,14). The van der Waals surface area contributed by atoms with Gasteiger partial charge in [-0.05, 0) is 32.9 Å². The molecule has 0 aromatic carbocycles. The van der Waals surface area contributed by atoms with Crippen LogP contribution in [0.1, 0.15) is 18.5 Å². The van der Waals surface area contributed by atoms with Crippen molar-refractivity contribution in [1.82, 2.24) is 9.88 Å². The summed E-state index contributed by atoms with van der Waals surface area (Å²) in [5.74, 6) is 0.0475. The number of hydrogen-bond acceptors (Lipinski definition) is 4. The fourth-order valence-corrected chi connectivity index (χ4v) is 2.42. The number of carbonyl (C=O) groups is 1. The van der Waals surface area contributed by atoms with Crippen molar-refractivity contribution in [2.24, 2.45) is 0 Å². The molecule has 1 aliphatic rings. The smallest absolute Gasteiger partial charge is 0.240 e. The van der Waals surface area contributed by atoms with Gasteiger partial charge in [0.1, 0.15) is 0 Å². The number of aryl methyl sites for hydroxylation is 1. The average molecular weight is 225 g/mol. The Balaban J connectivity index is 1.81. The van der Waals surface area contributed by atoms with Gasteiger partial charge in [0.15, 0.2) is 5.13 Å². The minimum atomic E-state index is 0.0475. The topological polar surface area (TPSA) is 45.2 Å². The number of aromatic nitrogens is 1. The Kier molecular flexibility index (Phi) is 3.33. The molecule has 15 heavy (non-hydrogen) atoms. The second-order valence-corrected chi connectivity index (χ2v) is 4.68. The van der Waals surface area contributed by atoms with E-state index in [9.17, 15) is 4.79 Å². The van der Waals surface area contributed by atoms with Crippen LogP contribution in [0.25, 0.3) is 0 Å². The second kappa shape index (κ2) is 4.72. The van der Waals surface area contributed by atoms with Crippen molar-refractivity contribution in [3.05, 3.63) is 11.1 Å². The highest BCUT2D eigenvalue weighted by atomic mass is 32.1. The first kappa shape index (κ1) is 10.6. The van der Waals surface area contributed by atoms with Gasteiger partial charge in [-0.3, -0.25) is 9.69 Å². The van der Waals surface area contributed by atoms with E-state index in [0.717, 1.165) is 18.8 Å². The summed E-state index contributed by atoms with van der Waals surface area (Å²) in [4.78, 5) is 18.0. The number of amides is 1. The molecule has 1 fully saturated rings. The molecule has 1 saturated heterocycles. The van der Waals surface area contributed by atoms with Crippen LogP contribution >= 0.6 is 11.3 Å². The Morgan fingerprint density at radius 1 is 1.60 bits per heavy atom. The van der Waals surface area contributed by atoms with E-state index in [-0.39, 0.29) is 5.91 Å². The predicted octanol–water partition coefficient (Wildman–Crippen LogP) is 1.49. The minimum Gasteiger partial charge on any atom is -0.301 e. The van der Waals surface area contributed by atoms with E-state index in [2.05, 4.69) is 15.2 Å². The van der Waals surface area contributed by atoms with Crippen LogP contribution in [-0.2, 0) is 4.79 Å². The van der Waals surface area contributed by atoms with Gasteiger partial charge >= 0.3 is 0 Å². The van der Waals surface area contributed by atoms with E-state index in [4.69, 9.17) is 0 Å². The summed E-state index contributed by atoms with van der Waals surface area (Å²) in [5, 5.41) is 5.46. The zero-order valence-electron chi connectivity index (χ0n) is 8.82. The average Bonchev–Trinajstić information content (AvgIpc) is 2.77. The minimum absolute atomic E-state index is 0.0475. The summed E-state index contributed by atoms with van der Waals surface area (Å²) in [6.45, 7) is 4.51. The second-order valence-electron chi connectivity index (χ2n) is 3.83. The Labute approximate surface area is 93.3 Å². The maximum Gasteiger partial charge on any atom is 0.240 e. The number of carbonyl (C=O) groups excluding carboxylic acids is 1. The summed E-state index contributed by atoms with van der Waals surface area (Å²) in [6, 6.07) is 0. The van der Waals surface area contributed by atoms with E-state index in [0.29, 0.717) is 11.7 Å². The molecule has 1 amide bonds. The van der Waals surface area contributed by atoms with Crippen molar-refractivity contribution in [3.63, 3.8) is 0 Å². The summed E-state index contributed by atoms with van der Waals surface area (Å²) >= 11 is 1.47. The van der Waals surface area contributed by atoms with E-state index < -0.39 is 0 Å². The molecule has 0 atom stereocenters. The maximum absolute atomic E-state index is 11.6. The molecule has 2 rings (SSSR count). The van der Waals surface area contributed by atoms with Crippen molar-refractivity contribution in [2.75, 3.05) is 25.0 Å². The van der Waals surface area contributed by atoms with Crippen LogP contribution in [0.2, 0.25) is 0 Å². The summed E-state index contributed by atoms with van der Waals surface area (Å²) in [6.07, 6.45) is 2.42. The number of nitrogens with zero attached hydrogens (tertiary/aromatic N) is 2. The highest BCUT2D eigenvalue weighted by Crippen LogP contribution is 2.14. The SMILES string of the molecule is Cc1csc(NC(=O)CN2CCCC2)n1. The lowest BCUT2D eigenvalue weighted by molar-refractivity contribution is -0.117. The molecule has 82 valence electrons. The van der Waals surface area contributed by atoms with Crippen molar-refractivity contribution < 1.29 is 4.79 Å². The van der Waals surface area contributed by atoms with Gasteiger partial charge < -0.3 is 5.32 Å². The van der Waals surface area contributed by atoms with Gasteiger partial charge in [0, 0.05) is 5.38 Å². The molecular formula is C10H15N3OS. The lowest BCUT2D eigenvalue weighted by atomic mass is 10.4. The number of anilines is 1. The monoisotopic (exact) mass is 225 g/mol. The zero-order valence-corrected chi connectivity index (χ0v) is 9.64. The van der Waals surface area contributed by atoms with E-state index in [1.54, 1.807) is 0 Å². The van der Waals surface area contributed by atoms with Gasteiger partial charge in [0.25, 0.3) is 0 Å². The predicted molar refractivity (Wildman–Crippen MR) is 61.2 cm³/mol. The first-order valence-electron chi connectivity index (χ1n) is 5.18. The van der Waals surface area contributed by atoms with Crippen LogP contribution in [-0.4, -0.2) is 35.4 Å². The number of nitrogens with one attached hydrogen (secondary N) is 1. The molecule has 1 aromatic rings. The molecule has 0 aliphatic carbocycles. The van der Waals surface area contributed by atoms with Gasteiger partial charge in [-0.15, -0.1) is 11.3 Å². The molecule has 1 aliphatic heterocycles. The summed E-state index contributed by atoms with van der Waals surface area (Å²) < 4.78 is 0. The fraction of sp³-hybridized carbons (Fsp3) is 0.600. The normalized spacial score (nSPS) is 16.9. The fourth-order valence-electron chi connectivity index (χ4n) is 1.71. The molecule has 1 aromatic heterocycles. The third-order valence-electron chi connectivity index (χ3n) is 2.43. The first-order valence-corrected chi connectivity index (χ1v) is 6.06. The first-order chi connectivity index (χ1) is 7.24. The molecule has 1 N–H and O–H groups in total. The zero-order chi connectivity index (χ0) is 10.7. The molecule has 0 bridgehead atoms. The van der Waals surface area contributed by atoms with E-state index in [1.807, 2.05) is 12.3 Å². The molecule has 0 spiro atoms.